The first-order valence-electron chi connectivity index (χ1n) is 6.37. The summed E-state index contributed by atoms with van der Waals surface area (Å²) in [6.07, 6.45) is 3.70. The molecule has 0 radical (unpaired) electrons. The van der Waals surface area contributed by atoms with Gasteiger partial charge in [0.05, 0.1) is 10.5 Å². The van der Waals surface area contributed by atoms with E-state index in [0.717, 1.165) is 25.7 Å². The number of hydrogen-bond donors (Lipinski definition) is 2. The fourth-order valence-corrected chi connectivity index (χ4v) is 4.57. The maximum Gasteiger partial charge on any atom is 0.335 e. The van der Waals surface area contributed by atoms with Crippen LogP contribution in [0, 0.1) is 6.92 Å². The van der Waals surface area contributed by atoms with Gasteiger partial charge in [0.15, 0.2) is 0 Å². The zero-order valence-electron chi connectivity index (χ0n) is 11.0. The van der Waals surface area contributed by atoms with Crippen molar-refractivity contribution >= 4 is 31.9 Å². The summed E-state index contributed by atoms with van der Waals surface area (Å²) in [5, 5.41) is 9.04. The molecule has 2 rings (SSSR count). The number of carboxylic acid groups (broad SMARTS) is 1. The average Bonchev–Trinajstić information content (AvgIpc) is 2.83. The summed E-state index contributed by atoms with van der Waals surface area (Å²) in [5.41, 5.74) is 0.467. The van der Waals surface area contributed by atoms with E-state index in [1.165, 1.54) is 12.1 Å². The Balaban J connectivity index is 2.41. The van der Waals surface area contributed by atoms with Crippen molar-refractivity contribution < 1.29 is 18.3 Å². The first-order valence-corrected chi connectivity index (χ1v) is 8.64. The number of aromatic carboxylic acids is 1. The largest absolute Gasteiger partial charge is 0.478 e. The molecule has 0 heterocycles. The zero-order chi connectivity index (χ0) is 14.9. The number of carbonyl (C=O) groups is 1. The lowest BCUT2D eigenvalue weighted by Gasteiger charge is -2.15. The Labute approximate surface area is 126 Å². The van der Waals surface area contributed by atoms with Crippen molar-refractivity contribution in [3.8, 4) is 0 Å². The second-order valence-electron chi connectivity index (χ2n) is 4.99. The molecule has 1 fully saturated rings. The maximum absolute atomic E-state index is 12.4. The summed E-state index contributed by atoms with van der Waals surface area (Å²) in [6, 6.07) is 2.57. The number of benzene rings is 1. The summed E-state index contributed by atoms with van der Waals surface area (Å²) in [7, 11) is -3.70. The second-order valence-corrected chi connectivity index (χ2v) is 7.53. The SMILES string of the molecule is Cc1c(Br)cc(C(=O)O)cc1S(=O)(=O)NC1CCCC1. The number of nitrogens with one attached hydrogen (secondary N) is 1. The van der Waals surface area contributed by atoms with Gasteiger partial charge in [0, 0.05) is 10.5 Å². The normalized spacial score (nSPS) is 16.5. The fraction of sp³-hybridized carbons (Fsp3) is 0.462. The molecular formula is C13H16BrNO4S. The highest BCUT2D eigenvalue weighted by Crippen LogP contribution is 2.27. The molecule has 7 heteroatoms. The molecule has 0 unspecified atom stereocenters. The number of sulfonamides is 1. The number of halogens is 1. The van der Waals surface area contributed by atoms with Crippen LogP contribution in [0.3, 0.4) is 0 Å². The third-order valence-corrected chi connectivity index (χ3v) is 5.98. The molecule has 0 aromatic heterocycles. The molecule has 0 aliphatic heterocycles. The predicted molar refractivity (Wildman–Crippen MR) is 78.4 cm³/mol. The molecule has 0 saturated heterocycles. The first-order chi connectivity index (χ1) is 9.31. The second kappa shape index (κ2) is 5.83. The molecule has 1 aromatic carbocycles. The van der Waals surface area contributed by atoms with Crippen molar-refractivity contribution in [2.75, 3.05) is 0 Å². The van der Waals surface area contributed by atoms with Crippen LogP contribution in [-0.2, 0) is 10.0 Å². The van der Waals surface area contributed by atoms with E-state index < -0.39 is 16.0 Å². The van der Waals surface area contributed by atoms with E-state index in [9.17, 15) is 13.2 Å². The van der Waals surface area contributed by atoms with Crippen molar-refractivity contribution in [1.82, 2.24) is 4.72 Å². The molecule has 1 saturated carbocycles. The van der Waals surface area contributed by atoms with Crippen molar-refractivity contribution in [1.29, 1.82) is 0 Å². The molecule has 20 heavy (non-hydrogen) atoms. The van der Waals surface area contributed by atoms with Gasteiger partial charge in [-0.2, -0.15) is 0 Å². The monoisotopic (exact) mass is 361 g/mol. The summed E-state index contributed by atoms with van der Waals surface area (Å²) >= 11 is 3.21. The van der Waals surface area contributed by atoms with E-state index in [-0.39, 0.29) is 16.5 Å². The van der Waals surface area contributed by atoms with Crippen molar-refractivity contribution in [3.05, 3.63) is 27.7 Å². The van der Waals surface area contributed by atoms with E-state index >= 15 is 0 Å². The summed E-state index contributed by atoms with van der Waals surface area (Å²) in [6.45, 7) is 1.65. The van der Waals surface area contributed by atoms with Crippen LogP contribution >= 0.6 is 15.9 Å². The van der Waals surface area contributed by atoms with E-state index in [0.29, 0.717) is 10.0 Å². The van der Waals surface area contributed by atoms with Crippen LogP contribution in [0.2, 0.25) is 0 Å². The van der Waals surface area contributed by atoms with E-state index in [4.69, 9.17) is 5.11 Å². The molecule has 5 nitrogen and oxygen atoms in total. The van der Waals surface area contributed by atoms with Crippen molar-refractivity contribution in [2.24, 2.45) is 0 Å². The van der Waals surface area contributed by atoms with Gasteiger partial charge < -0.3 is 5.11 Å². The highest BCUT2D eigenvalue weighted by atomic mass is 79.9. The molecule has 1 aliphatic rings. The van der Waals surface area contributed by atoms with E-state index in [1.807, 2.05) is 0 Å². The van der Waals surface area contributed by atoms with Crippen LogP contribution < -0.4 is 4.72 Å². The molecule has 1 aliphatic carbocycles. The standard InChI is InChI=1S/C13H16BrNO4S/c1-8-11(14)6-9(13(16)17)7-12(8)20(18,19)15-10-4-2-3-5-10/h6-7,10,15H,2-5H2,1H3,(H,16,17). The highest BCUT2D eigenvalue weighted by Gasteiger charge is 2.26. The van der Waals surface area contributed by atoms with Crippen molar-refractivity contribution in [2.45, 2.75) is 43.5 Å². The van der Waals surface area contributed by atoms with Gasteiger partial charge in [-0.3, -0.25) is 0 Å². The number of carboxylic acids is 1. The van der Waals surface area contributed by atoms with Crippen molar-refractivity contribution in [3.63, 3.8) is 0 Å². The Hall–Kier alpha value is -0.920. The highest BCUT2D eigenvalue weighted by molar-refractivity contribution is 9.10. The molecule has 110 valence electrons. The van der Waals surface area contributed by atoms with E-state index in [2.05, 4.69) is 20.7 Å². The van der Waals surface area contributed by atoms with Gasteiger partial charge in [-0.1, -0.05) is 28.8 Å². The minimum Gasteiger partial charge on any atom is -0.478 e. The summed E-state index contributed by atoms with van der Waals surface area (Å²) in [5.74, 6) is -1.15. The van der Waals surface area contributed by atoms with Gasteiger partial charge in [0.2, 0.25) is 10.0 Å². The predicted octanol–water partition coefficient (Wildman–Crippen LogP) is 2.68. The molecular weight excluding hydrogens is 346 g/mol. The molecule has 0 atom stereocenters. The lowest BCUT2D eigenvalue weighted by Crippen LogP contribution is -2.33. The lowest BCUT2D eigenvalue weighted by molar-refractivity contribution is 0.0696. The van der Waals surface area contributed by atoms with Gasteiger partial charge in [0.25, 0.3) is 0 Å². The Morgan fingerprint density at radius 1 is 1.35 bits per heavy atom. The van der Waals surface area contributed by atoms with Gasteiger partial charge >= 0.3 is 5.97 Å². The number of hydrogen-bond acceptors (Lipinski definition) is 3. The minimum absolute atomic E-state index is 0.0242. The van der Waals surface area contributed by atoms with Gasteiger partial charge in [-0.25, -0.2) is 17.9 Å². The number of rotatable bonds is 4. The lowest BCUT2D eigenvalue weighted by atomic mass is 10.1. The topological polar surface area (TPSA) is 83.5 Å². The Morgan fingerprint density at radius 2 is 1.95 bits per heavy atom. The molecule has 1 aromatic rings. The Kier molecular flexibility index (Phi) is 4.51. The van der Waals surface area contributed by atoms with Crippen LogP contribution in [-0.4, -0.2) is 25.5 Å². The quantitative estimate of drug-likeness (QED) is 0.863. The fourth-order valence-electron chi connectivity index (χ4n) is 2.38. The summed E-state index contributed by atoms with van der Waals surface area (Å²) < 4.78 is 28.0. The third kappa shape index (κ3) is 3.21. The summed E-state index contributed by atoms with van der Waals surface area (Å²) in [4.78, 5) is 11.1. The first kappa shape index (κ1) is 15.5. The third-order valence-electron chi connectivity index (χ3n) is 3.51. The Bertz CT molecular complexity index is 636. The zero-order valence-corrected chi connectivity index (χ0v) is 13.4. The van der Waals surface area contributed by atoms with Crippen LogP contribution in [0.25, 0.3) is 0 Å². The van der Waals surface area contributed by atoms with E-state index in [1.54, 1.807) is 6.92 Å². The van der Waals surface area contributed by atoms with Gasteiger partial charge in [-0.05, 0) is 37.5 Å². The molecule has 0 spiro atoms. The van der Waals surface area contributed by atoms with Gasteiger partial charge in [0.1, 0.15) is 0 Å². The van der Waals surface area contributed by atoms with Gasteiger partial charge in [-0.15, -0.1) is 0 Å². The van der Waals surface area contributed by atoms with Crippen LogP contribution in [0.4, 0.5) is 0 Å². The maximum atomic E-state index is 12.4. The van der Waals surface area contributed by atoms with Crippen LogP contribution in [0.1, 0.15) is 41.6 Å². The average molecular weight is 362 g/mol. The van der Waals surface area contributed by atoms with Crippen LogP contribution in [0.5, 0.6) is 0 Å². The smallest absolute Gasteiger partial charge is 0.335 e. The molecule has 0 amide bonds. The molecule has 0 bridgehead atoms. The Morgan fingerprint density at radius 3 is 2.50 bits per heavy atom. The minimum atomic E-state index is -3.70. The molecule has 2 N–H and O–H groups in total. The van der Waals surface area contributed by atoms with Crippen LogP contribution in [0.15, 0.2) is 21.5 Å².